The Morgan fingerprint density at radius 3 is 2.80 bits per heavy atom. The number of rotatable bonds is 1. The molecular weight excluding hydrogens is 128 g/mol. The number of nitrogens with zero attached hydrogens (tertiary/aromatic N) is 1. The first kappa shape index (κ1) is 6.86. The number of nitrogens with one attached hydrogen (secondary N) is 1. The number of carbonyl (C=O) groups is 1. The fourth-order valence-corrected chi connectivity index (χ4v) is 0.781. The van der Waals surface area contributed by atoms with Crippen LogP contribution in [0.1, 0.15) is 6.92 Å². The van der Waals surface area contributed by atoms with Gasteiger partial charge >= 0.3 is 0 Å². The highest BCUT2D eigenvalue weighted by Crippen LogP contribution is 2.04. The predicted molar refractivity (Wildman–Crippen MR) is 39.7 cm³/mol. The second kappa shape index (κ2) is 2.56. The van der Waals surface area contributed by atoms with Crippen molar-refractivity contribution in [2.24, 2.45) is 7.05 Å². The summed E-state index contributed by atoms with van der Waals surface area (Å²) in [5.41, 5.74) is 0.843. The zero-order chi connectivity index (χ0) is 7.56. The largest absolute Gasteiger partial charge is 0.355 e. The zero-order valence-electron chi connectivity index (χ0n) is 6.09. The van der Waals surface area contributed by atoms with E-state index in [-0.39, 0.29) is 5.91 Å². The number of hydrogen-bond acceptors (Lipinski definition) is 1. The van der Waals surface area contributed by atoms with Crippen molar-refractivity contribution < 1.29 is 4.79 Å². The Hall–Kier alpha value is -1.25. The van der Waals surface area contributed by atoms with Crippen molar-refractivity contribution in [1.82, 2.24) is 4.57 Å². The number of anilines is 1. The smallest absolute Gasteiger partial charge is 0.221 e. The molecule has 1 heterocycles. The van der Waals surface area contributed by atoms with Crippen molar-refractivity contribution in [2.75, 3.05) is 5.32 Å². The van der Waals surface area contributed by atoms with Gasteiger partial charge in [-0.25, -0.2) is 0 Å². The van der Waals surface area contributed by atoms with Gasteiger partial charge in [0.15, 0.2) is 0 Å². The van der Waals surface area contributed by atoms with Crippen LogP contribution in [-0.2, 0) is 11.8 Å². The Morgan fingerprint density at radius 1 is 1.70 bits per heavy atom. The number of carbonyl (C=O) groups excluding carboxylic acids is 1. The predicted octanol–water partition coefficient (Wildman–Crippen LogP) is 0.983. The summed E-state index contributed by atoms with van der Waals surface area (Å²) in [6.07, 6.45) is 3.73. The van der Waals surface area contributed by atoms with Gasteiger partial charge in [-0.15, -0.1) is 0 Å². The Kier molecular flexibility index (Phi) is 1.76. The van der Waals surface area contributed by atoms with Crippen LogP contribution in [0.25, 0.3) is 0 Å². The van der Waals surface area contributed by atoms with Gasteiger partial charge in [0, 0.05) is 26.4 Å². The molecule has 0 aliphatic carbocycles. The maximum atomic E-state index is 10.5. The van der Waals surface area contributed by atoms with E-state index in [2.05, 4.69) is 5.32 Å². The van der Waals surface area contributed by atoms with Gasteiger partial charge in [0.05, 0.1) is 5.69 Å². The van der Waals surface area contributed by atoms with E-state index in [4.69, 9.17) is 0 Å². The van der Waals surface area contributed by atoms with Gasteiger partial charge in [-0.05, 0) is 6.07 Å². The molecular formula is C7H10N2O. The van der Waals surface area contributed by atoms with E-state index in [1.165, 1.54) is 6.92 Å². The lowest BCUT2D eigenvalue weighted by atomic mass is 10.5. The average molecular weight is 138 g/mol. The topological polar surface area (TPSA) is 34.0 Å². The van der Waals surface area contributed by atoms with E-state index in [0.717, 1.165) is 5.69 Å². The summed E-state index contributed by atoms with van der Waals surface area (Å²) in [6.45, 7) is 1.49. The maximum Gasteiger partial charge on any atom is 0.221 e. The normalized spacial score (nSPS) is 9.40. The van der Waals surface area contributed by atoms with Crippen LogP contribution in [0.15, 0.2) is 18.5 Å². The molecule has 1 aromatic heterocycles. The van der Waals surface area contributed by atoms with Crippen LogP contribution in [0.3, 0.4) is 0 Å². The first-order chi connectivity index (χ1) is 4.68. The molecule has 0 aromatic carbocycles. The molecule has 0 aliphatic heterocycles. The summed E-state index contributed by atoms with van der Waals surface area (Å²) >= 11 is 0. The zero-order valence-corrected chi connectivity index (χ0v) is 6.09. The van der Waals surface area contributed by atoms with E-state index < -0.39 is 0 Å². The quantitative estimate of drug-likeness (QED) is 0.616. The monoisotopic (exact) mass is 138 g/mol. The number of aromatic nitrogens is 1. The van der Waals surface area contributed by atoms with Crippen LogP contribution in [0.4, 0.5) is 5.69 Å². The first-order valence-electron chi connectivity index (χ1n) is 3.08. The van der Waals surface area contributed by atoms with Crippen LogP contribution in [0.2, 0.25) is 0 Å². The molecule has 10 heavy (non-hydrogen) atoms. The third-order valence-corrected chi connectivity index (χ3v) is 1.15. The van der Waals surface area contributed by atoms with Crippen molar-refractivity contribution in [3.8, 4) is 0 Å². The van der Waals surface area contributed by atoms with E-state index in [0.29, 0.717) is 0 Å². The molecule has 0 saturated heterocycles. The highest BCUT2D eigenvalue weighted by atomic mass is 16.1. The summed E-state index contributed by atoms with van der Waals surface area (Å²) in [6, 6.07) is 1.85. The minimum absolute atomic E-state index is 0.0359. The average Bonchev–Trinajstić information content (AvgIpc) is 2.13. The molecule has 0 bridgehead atoms. The summed E-state index contributed by atoms with van der Waals surface area (Å²) in [5, 5.41) is 2.67. The number of amides is 1. The molecule has 0 atom stereocenters. The summed E-state index contributed by atoms with van der Waals surface area (Å²) in [7, 11) is 1.91. The molecule has 1 N–H and O–H groups in total. The van der Waals surface area contributed by atoms with E-state index in [1.807, 2.05) is 30.1 Å². The molecule has 0 fully saturated rings. The summed E-state index contributed by atoms with van der Waals surface area (Å²) in [5.74, 6) is -0.0359. The lowest BCUT2D eigenvalue weighted by Gasteiger charge is -1.94. The van der Waals surface area contributed by atoms with Gasteiger partial charge in [0.2, 0.25) is 5.91 Å². The Morgan fingerprint density at radius 2 is 2.40 bits per heavy atom. The third kappa shape index (κ3) is 1.62. The molecule has 1 aromatic rings. The molecule has 1 rings (SSSR count). The molecule has 0 radical (unpaired) electrons. The summed E-state index contributed by atoms with van der Waals surface area (Å²) < 4.78 is 1.88. The minimum atomic E-state index is -0.0359. The van der Waals surface area contributed by atoms with Crippen molar-refractivity contribution in [3.05, 3.63) is 18.5 Å². The summed E-state index contributed by atoms with van der Waals surface area (Å²) in [4.78, 5) is 10.5. The molecule has 0 saturated carbocycles. The Balaban J connectivity index is 2.67. The molecule has 54 valence electrons. The van der Waals surface area contributed by atoms with Crippen LogP contribution >= 0.6 is 0 Å². The van der Waals surface area contributed by atoms with E-state index in [1.54, 1.807) is 0 Å². The minimum Gasteiger partial charge on any atom is -0.355 e. The van der Waals surface area contributed by atoms with E-state index >= 15 is 0 Å². The second-order valence-electron chi connectivity index (χ2n) is 2.25. The fourth-order valence-electron chi connectivity index (χ4n) is 0.781. The van der Waals surface area contributed by atoms with Crippen molar-refractivity contribution in [1.29, 1.82) is 0 Å². The number of hydrogen-bond donors (Lipinski definition) is 1. The fraction of sp³-hybridized carbons (Fsp3) is 0.286. The van der Waals surface area contributed by atoms with Crippen molar-refractivity contribution >= 4 is 11.6 Å². The van der Waals surface area contributed by atoms with Gasteiger partial charge in [0.25, 0.3) is 0 Å². The second-order valence-corrected chi connectivity index (χ2v) is 2.25. The highest BCUT2D eigenvalue weighted by Gasteiger charge is 1.93. The molecule has 3 nitrogen and oxygen atoms in total. The lowest BCUT2D eigenvalue weighted by molar-refractivity contribution is -0.114. The van der Waals surface area contributed by atoms with Crippen LogP contribution < -0.4 is 5.32 Å². The maximum absolute atomic E-state index is 10.5. The van der Waals surface area contributed by atoms with Gasteiger partial charge in [-0.1, -0.05) is 0 Å². The van der Waals surface area contributed by atoms with Gasteiger partial charge in [-0.2, -0.15) is 0 Å². The molecule has 0 spiro atoms. The Labute approximate surface area is 59.7 Å². The SMILES string of the molecule is CC(=O)Nc1ccn(C)c1. The van der Waals surface area contributed by atoms with Gasteiger partial charge < -0.3 is 9.88 Å². The van der Waals surface area contributed by atoms with Crippen LogP contribution in [-0.4, -0.2) is 10.5 Å². The van der Waals surface area contributed by atoms with Gasteiger partial charge in [0.1, 0.15) is 0 Å². The first-order valence-corrected chi connectivity index (χ1v) is 3.08. The lowest BCUT2D eigenvalue weighted by Crippen LogP contribution is -2.04. The van der Waals surface area contributed by atoms with Crippen molar-refractivity contribution in [2.45, 2.75) is 6.92 Å². The molecule has 0 unspecified atom stereocenters. The number of aryl methyl sites for hydroxylation is 1. The van der Waals surface area contributed by atoms with Crippen LogP contribution in [0, 0.1) is 0 Å². The van der Waals surface area contributed by atoms with Crippen LogP contribution in [0.5, 0.6) is 0 Å². The highest BCUT2D eigenvalue weighted by molar-refractivity contribution is 5.88. The Bertz CT molecular complexity index is 240. The molecule has 3 heteroatoms. The van der Waals surface area contributed by atoms with Gasteiger partial charge in [-0.3, -0.25) is 4.79 Å². The molecule has 1 amide bonds. The van der Waals surface area contributed by atoms with E-state index in [9.17, 15) is 4.79 Å². The standard InChI is InChI=1S/C7H10N2O/c1-6(10)8-7-3-4-9(2)5-7/h3-5H,1-2H3,(H,8,10). The third-order valence-electron chi connectivity index (χ3n) is 1.15. The van der Waals surface area contributed by atoms with Crippen molar-refractivity contribution in [3.63, 3.8) is 0 Å². The molecule has 0 aliphatic rings.